The van der Waals surface area contributed by atoms with Crippen LogP contribution < -0.4 is 0 Å². The van der Waals surface area contributed by atoms with Crippen LogP contribution in [0.1, 0.15) is 104 Å². The first-order valence-electron chi connectivity index (χ1n) is 14.1. The minimum atomic E-state index is -0.389. The van der Waals surface area contributed by atoms with Crippen LogP contribution in [-0.4, -0.2) is 29.7 Å². The van der Waals surface area contributed by atoms with Gasteiger partial charge in [-0.2, -0.15) is 0 Å². The Kier molecular flexibility index (Phi) is 7.68. The SMILES string of the molecule is C#CC(C)(C)OC.CC(C)(C)c1ccc(C2CC3(C)C(O)CCC3C3CCC4=CC(=O)CCC4=C23)cc1. The number of hydrogen-bond acceptors (Lipinski definition) is 3. The molecule has 0 amide bonds. The summed E-state index contributed by atoms with van der Waals surface area (Å²) in [6.07, 6.45) is 13.7. The molecule has 1 aromatic rings. The molecule has 0 saturated heterocycles. The van der Waals surface area contributed by atoms with Crippen molar-refractivity contribution in [3.63, 3.8) is 0 Å². The summed E-state index contributed by atoms with van der Waals surface area (Å²) in [5.74, 6) is 4.28. The standard InChI is InChI=1S/C28H36O2.C6H10O/c1-27(2,3)19-8-5-17(6-9-19)23-16-28(4)24(13-14-25(28)30)22-11-7-18-15-20(29)10-12-21(18)26(22)23;1-5-6(2,3)7-4/h5-6,8-9,15,22-25,30H,7,10-14,16H2,1-4H3;1H,2-4H3. The molecule has 3 heteroatoms. The van der Waals surface area contributed by atoms with Crippen LogP contribution in [-0.2, 0) is 14.9 Å². The lowest BCUT2D eigenvalue weighted by Gasteiger charge is -2.52. The van der Waals surface area contributed by atoms with Crippen LogP contribution in [0.5, 0.6) is 0 Å². The molecule has 5 unspecified atom stereocenters. The fourth-order valence-corrected chi connectivity index (χ4v) is 7.21. The zero-order valence-electron chi connectivity index (χ0n) is 24.0. The molecule has 0 aliphatic heterocycles. The first-order valence-corrected chi connectivity index (χ1v) is 14.1. The van der Waals surface area contributed by atoms with Crippen molar-refractivity contribution in [2.45, 2.75) is 110 Å². The van der Waals surface area contributed by atoms with E-state index in [4.69, 9.17) is 11.2 Å². The zero-order valence-corrected chi connectivity index (χ0v) is 24.0. The number of aliphatic hydroxyl groups excluding tert-OH is 1. The summed E-state index contributed by atoms with van der Waals surface area (Å²) in [5.41, 5.74) is 6.98. The van der Waals surface area contributed by atoms with Gasteiger partial charge in [0, 0.05) is 19.4 Å². The van der Waals surface area contributed by atoms with Crippen LogP contribution in [0.2, 0.25) is 0 Å². The monoisotopic (exact) mass is 502 g/mol. The van der Waals surface area contributed by atoms with E-state index >= 15 is 0 Å². The zero-order chi connectivity index (χ0) is 27.2. The van der Waals surface area contributed by atoms with E-state index in [0.29, 0.717) is 30.0 Å². The van der Waals surface area contributed by atoms with E-state index in [9.17, 15) is 9.90 Å². The molecule has 1 aromatic carbocycles. The van der Waals surface area contributed by atoms with Crippen molar-refractivity contribution in [3.05, 3.63) is 58.2 Å². The highest BCUT2D eigenvalue weighted by Gasteiger charge is 2.56. The fraction of sp³-hybridized carbons (Fsp3) is 0.618. The van der Waals surface area contributed by atoms with Crippen LogP contribution in [0.25, 0.3) is 0 Å². The largest absolute Gasteiger partial charge is 0.393 e. The molecule has 0 spiro atoms. The van der Waals surface area contributed by atoms with Crippen molar-refractivity contribution < 1.29 is 14.6 Å². The molecule has 37 heavy (non-hydrogen) atoms. The van der Waals surface area contributed by atoms with Gasteiger partial charge in [0.05, 0.1) is 6.10 Å². The highest BCUT2D eigenvalue weighted by Crippen LogP contribution is 2.63. The van der Waals surface area contributed by atoms with E-state index in [1.165, 1.54) is 22.3 Å². The Hall–Kier alpha value is -2.15. The summed E-state index contributed by atoms with van der Waals surface area (Å²) < 4.78 is 4.85. The number of ketones is 1. The van der Waals surface area contributed by atoms with Crippen LogP contribution in [0.3, 0.4) is 0 Å². The quantitative estimate of drug-likeness (QED) is 0.432. The number of carbonyl (C=O) groups excluding carboxylic acids is 1. The van der Waals surface area contributed by atoms with Crippen molar-refractivity contribution >= 4 is 5.78 Å². The lowest BCUT2D eigenvalue weighted by Crippen LogP contribution is -2.45. The number of rotatable bonds is 2. The van der Waals surface area contributed by atoms with E-state index in [2.05, 4.69) is 57.9 Å². The second kappa shape index (κ2) is 10.2. The third-order valence-corrected chi connectivity index (χ3v) is 9.72. The maximum atomic E-state index is 12.1. The van der Waals surface area contributed by atoms with Gasteiger partial charge in [-0.05, 0) is 103 Å². The van der Waals surface area contributed by atoms with Gasteiger partial charge in [-0.1, -0.05) is 63.5 Å². The van der Waals surface area contributed by atoms with Crippen molar-refractivity contribution in [3.8, 4) is 12.3 Å². The molecule has 2 fully saturated rings. The first kappa shape index (κ1) is 27.9. The third-order valence-electron chi connectivity index (χ3n) is 9.72. The molecule has 0 bridgehead atoms. The number of allylic oxidation sites excluding steroid dienone is 4. The Bertz CT molecular complexity index is 1120. The van der Waals surface area contributed by atoms with E-state index < -0.39 is 0 Å². The van der Waals surface area contributed by atoms with Gasteiger partial charge in [-0.25, -0.2) is 0 Å². The molecule has 0 aromatic heterocycles. The number of fused-ring (bicyclic) bond motifs is 4. The molecule has 4 aliphatic rings. The summed E-state index contributed by atoms with van der Waals surface area (Å²) in [5, 5.41) is 11.0. The molecular weight excluding hydrogens is 456 g/mol. The molecule has 5 rings (SSSR count). The molecule has 2 saturated carbocycles. The van der Waals surface area contributed by atoms with Gasteiger partial charge in [-0.15, -0.1) is 6.42 Å². The molecular formula is C34H46O3. The van der Waals surface area contributed by atoms with Gasteiger partial charge in [0.1, 0.15) is 5.60 Å². The fourth-order valence-electron chi connectivity index (χ4n) is 7.21. The van der Waals surface area contributed by atoms with Gasteiger partial charge in [-0.3, -0.25) is 4.79 Å². The smallest absolute Gasteiger partial charge is 0.156 e. The Morgan fingerprint density at radius 3 is 2.27 bits per heavy atom. The molecule has 5 atom stereocenters. The Morgan fingerprint density at radius 2 is 1.70 bits per heavy atom. The van der Waals surface area contributed by atoms with Gasteiger partial charge < -0.3 is 9.84 Å². The minimum absolute atomic E-state index is 0.00773. The van der Waals surface area contributed by atoms with E-state index in [1.807, 2.05) is 19.9 Å². The number of methoxy groups -OCH3 is 1. The normalized spacial score (nSPS) is 31.3. The Morgan fingerprint density at radius 1 is 1.03 bits per heavy atom. The number of hydrogen-bond donors (Lipinski definition) is 1. The van der Waals surface area contributed by atoms with E-state index in [-0.39, 0.29) is 22.5 Å². The summed E-state index contributed by atoms with van der Waals surface area (Å²) in [4.78, 5) is 12.1. The van der Waals surface area contributed by atoms with Crippen LogP contribution in [0.4, 0.5) is 0 Å². The topological polar surface area (TPSA) is 46.5 Å². The molecule has 0 heterocycles. The average Bonchev–Trinajstić information content (AvgIpc) is 3.17. The lowest BCUT2D eigenvalue weighted by atomic mass is 9.53. The minimum Gasteiger partial charge on any atom is -0.393 e. The summed E-state index contributed by atoms with van der Waals surface area (Å²) in [6.45, 7) is 12.8. The van der Waals surface area contributed by atoms with E-state index in [1.54, 1.807) is 12.7 Å². The number of benzene rings is 1. The predicted octanol–water partition coefficient (Wildman–Crippen LogP) is 7.29. The first-order chi connectivity index (χ1) is 17.3. The Labute approximate surface area is 224 Å². The molecule has 4 aliphatic carbocycles. The maximum absolute atomic E-state index is 12.1. The van der Waals surface area contributed by atoms with Gasteiger partial charge >= 0.3 is 0 Å². The van der Waals surface area contributed by atoms with Gasteiger partial charge in [0.15, 0.2) is 5.78 Å². The van der Waals surface area contributed by atoms with Crippen LogP contribution in [0, 0.1) is 29.6 Å². The third kappa shape index (κ3) is 5.39. The van der Waals surface area contributed by atoms with Crippen molar-refractivity contribution in [1.82, 2.24) is 0 Å². The predicted molar refractivity (Wildman–Crippen MR) is 151 cm³/mol. The van der Waals surface area contributed by atoms with Gasteiger partial charge in [0.25, 0.3) is 0 Å². The number of terminal acetylenes is 1. The second-order valence-corrected chi connectivity index (χ2v) is 13.4. The summed E-state index contributed by atoms with van der Waals surface area (Å²) >= 11 is 0. The summed E-state index contributed by atoms with van der Waals surface area (Å²) in [6, 6.07) is 9.29. The average molecular weight is 503 g/mol. The number of carbonyl (C=O) groups is 1. The highest BCUT2D eigenvalue weighted by atomic mass is 16.5. The Balaban J connectivity index is 0.000000405. The van der Waals surface area contributed by atoms with E-state index in [0.717, 1.165) is 38.5 Å². The van der Waals surface area contributed by atoms with Crippen molar-refractivity contribution in [2.75, 3.05) is 7.11 Å². The lowest BCUT2D eigenvalue weighted by molar-refractivity contribution is -0.114. The number of ether oxygens (including phenoxy) is 1. The molecule has 200 valence electrons. The van der Waals surface area contributed by atoms with Crippen molar-refractivity contribution in [1.29, 1.82) is 0 Å². The maximum Gasteiger partial charge on any atom is 0.156 e. The number of aliphatic hydroxyl groups is 1. The van der Waals surface area contributed by atoms with Gasteiger partial charge in [0.2, 0.25) is 0 Å². The molecule has 3 nitrogen and oxygen atoms in total. The van der Waals surface area contributed by atoms with Crippen LogP contribution >= 0.6 is 0 Å². The summed E-state index contributed by atoms with van der Waals surface area (Å²) in [7, 11) is 1.60. The molecule has 1 N–H and O–H groups in total. The van der Waals surface area contributed by atoms with Crippen molar-refractivity contribution in [2.24, 2.45) is 17.3 Å². The molecule has 0 radical (unpaired) electrons. The van der Waals surface area contributed by atoms with Crippen LogP contribution in [0.15, 0.2) is 47.1 Å². The highest BCUT2D eigenvalue weighted by molar-refractivity contribution is 5.93. The second-order valence-electron chi connectivity index (χ2n) is 13.4.